The molecule has 0 bridgehead atoms. The summed E-state index contributed by atoms with van der Waals surface area (Å²) in [6, 6.07) is 8.26. The highest BCUT2D eigenvalue weighted by atomic mass is 35.5. The molecule has 1 aliphatic rings. The van der Waals surface area contributed by atoms with Crippen molar-refractivity contribution in [3.63, 3.8) is 0 Å². The van der Waals surface area contributed by atoms with Crippen LogP contribution in [0, 0.1) is 6.92 Å². The van der Waals surface area contributed by atoms with Gasteiger partial charge in [0.15, 0.2) is 0 Å². The topological polar surface area (TPSA) is 76.5 Å². The van der Waals surface area contributed by atoms with Crippen LogP contribution in [0.15, 0.2) is 60.3 Å². The maximum absolute atomic E-state index is 14.2. The van der Waals surface area contributed by atoms with Gasteiger partial charge in [-0.05, 0) is 48.4 Å². The van der Waals surface area contributed by atoms with Crippen molar-refractivity contribution in [3.8, 4) is 0 Å². The number of rotatable bonds is 4. The maximum Gasteiger partial charge on any atom is 0.435 e. The summed E-state index contributed by atoms with van der Waals surface area (Å²) >= 11 is 11.9. The van der Waals surface area contributed by atoms with Crippen LogP contribution in [0.5, 0.6) is 0 Å². The summed E-state index contributed by atoms with van der Waals surface area (Å²) < 4.78 is 42.5. The highest BCUT2D eigenvalue weighted by Gasteiger charge is 2.62. The number of oxime groups is 1. The van der Waals surface area contributed by atoms with Crippen molar-refractivity contribution in [2.45, 2.75) is 25.1 Å². The van der Waals surface area contributed by atoms with Crippen LogP contribution < -0.4 is 5.32 Å². The Morgan fingerprint density at radius 2 is 1.76 bits per heavy atom. The summed E-state index contributed by atoms with van der Waals surface area (Å²) in [4.78, 5) is 25.2. The van der Waals surface area contributed by atoms with E-state index in [4.69, 9.17) is 28.0 Å². The molecule has 4 rings (SSSR count). The number of hydrogen-bond donors (Lipinski definition) is 1. The Morgan fingerprint density at radius 3 is 2.36 bits per heavy atom. The number of amides is 1. The van der Waals surface area contributed by atoms with E-state index in [1.165, 1.54) is 36.9 Å². The van der Waals surface area contributed by atoms with Gasteiger partial charge < -0.3 is 10.2 Å². The number of alkyl halides is 3. The van der Waals surface area contributed by atoms with Crippen LogP contribution in [0.4, 0.5) is 18.9 Å². The SMILES string of the molecule is Cc1cc(C2=NOC(c3cc(Cl)cc(Cl)c3)(C(F)(F)F)C2)ccc1C(=O)Nc1cncnc1. The molecule has 0 fully saturated rings. The van der Waals surface area contributed by atoms with Gasteiger partial charge >= 0.3 is 6.18 Å². The quantitative estimate of drug-likeness (QED) is 0.487. The Balaban J connectivity index is 1.61. The van der Waals surface area contributed by atoms with Gasteiger partial charge in [-0.2, -0.15) is 13.2 Å². The number of carbonyl (C=O) groups excluding carboxylic acids is 1. The molecule has 1 amide bonds. The first-order chi connectivity index (χ1) is 15.6. The number of benzene rings is 2. The minimum atomic E-state index is -4.79. The summed E-state index contributed by atoms with van der Waals surface area (Å²) in [6.07, 6.45) is -1.16. The summed E-state index contributed by atoms with van der Waals surface area (Å²) in [5.41, 5.74) is -1.21. The van der Waals surface area contributed by atoms with Gasteiger partial charge in [0, 0.05) is 27.6 Å². The Hall–Kier alpha value is -3.17. The first-order valence-electron chi connectivity index (χ1n) is 9.55. The van der Waals surface area contributed by atoms with Gasteiger partial charge in [0.05, 0.1) is 23.8 Å². The molecule has 1 unspecified atom stereocenters. The van der Waals surface area contributed by atoms with Crippen LogP contribution in [0.3, 0.4) is 0 Å². The molecule has 1 N–H and O–H groups in total. The lowest BCUT2D eigenvalue weighted by Crippen LogP contribution is -2.42. The van der Waals surface area contributed by atoms with Gasteiger partial charge in [-0.15, -0.1) is 0 Å². The molecule has 0 saturated carbocycles. The second-order valence-electron chi connectivity index (χ2n) is 7.40. The van der Waals surface area contributed by atoms with Gasteiger partial charge in [0.2, 0.25) is 0 Å². The molecule has 1 aromatic heterocycles. The monoisotopic (exact) mass is 494 g/mol. The first-order valence-corrected chi connectivity index (χ1v) is 10.3. The fraction of sp³-hybridized carbons (Fsp3) is 0.182. The summed E-state index contributed by atoms with van der Waals surface area (Å²) in [6.45, 7) is 1.67. The number of anilines is 1. The molecule has 2 heterocycles. The summed E-state index contributed by atoms with van der Waals surface area (Å²) in [5, 5.41) is 6.50. The van der Waals surface area contributed by atoms with E-state index in [-0.39, 0.29) is 21.3 Å². The summed E-state index contributed by atoms with van der Waals surface area (Å²) in [7, 11) is 0. The van der Waals surface area contributed by atoms with E-state index in [1.807, 2.05) is 0 Å². The third-order valence-electron chi connectivity index (χ3n) is 5.14. The van der Waals surface area contributed by atoms with E-state index in [9.17, 15) is 18.0 Å². The zero-order valence-electron chi connectivity index (χ0n) is 17.0. The van der Waals surface area contributed by atoms with E-state index in [2.05, 4.69) is 20.4 Å². The highest BCUT2D eigenvalue weighted by Crippen LogP contribution is 2.49. The van der Waals surface area contributed by atoms with Gasteiger partial charge in [0.25, 0.3) is 11.5 Å². The molecule has 170 valence electrons. The Labute approximate surface area is 196 Å². The number of carbonyl (C=O) groups is 1. The number of halogens is 5. The molecule has 11 heteroatoms. The van der Waals surface area contributed by atoms with Crippen LogP contribution in [-0.2, 0) is 10.4 Å². The first kappa shape index (κ1) is 23.0. The molecule has 0 spiro atoms. The number of hydrogen-bond acceptors (Lipinski definition) is 5. The minimum Gasteiger partial charge on any atom is -0.374 e. The highest BCUT2D eigenvalue weighted by molar-refractivity contribution is 6.34. The largest absolute Gasteiger partial charge is 0.435 e. The fourth-order valence-corrected chi connectivity index (χ4v) is 4.03. The molecule has 0 saturated heterocycles. The molecule has 33 heavy (non-hydrogen) atoms. The Kier molecular flexibility index (Phi) is 6.02. The fourth-order valence-electron chi connectivity index (χ4n) is 3.51. The predicted molar refractivity (Wildman–Crippen MR) is 118 cm³/mol. The van der Waals surface area contributed by atoms with Crippen molar-refractivity contribution in [2.75, 3.05) is 5.32 Å². The van der Waals surface area contributed by atoms with Crippen LogP contribution >= 0.6 is 23.2 Å². The zero-order valence-corrected chi connectivity index (χ0v) is 18.5. The Bertz CT molecular complexity index is 1230. The maximum atomic E-state index is 14.2. The van der Waals surface area contributed by atoms with Crippen molar-refractivity contribution in [1.82, 2.24) is 9.97 Å². The van der Waals surface area contributed by atoms with Gasteiger partial charge in [0.1, 0.15) is 6.33 Å². The van der Waals surface area contributed by atoms with Crippen LogP contribution in [0.25, 0.3) is 0 Å². The smallest absolute Gasteiger partial charge is 0.374 e. The molecular weight excluding hydrogens is 480 g/mol. The number of nitrogens with zero attached hydrogens (tertiary/aromatic N) is 3. The lowest BCUT2D eigenvalue weighted by atomic mass is 9.86. The second-order valence-corrected chi connectivity index (χ2v) is 8.27. The van der Waals surface area contributed by atoms with Crippen LogP contribution in [0.2, 0.25) is 10.0 Å². The number of nitrogens with one attached hydrogen (secondary N) is 1. The third kappa shape index (κ3) is 4.51. The van der Waals surface area contributed by atoms with Crippen molar-refractivity contribution < 1.29 is 22.8 Å². The van der Waals surface area contributed by atoms with E-state index in [1.54, 1.807) is 13.0 Å². The number of aryl methyl sites for hydroxylation is 1. The zero-order chi connectivity index (χ0) is 23.8. The molecule has 1 atom stereocenters. The lowest BCUT2D eigenvalue weighted by molar-refractivity contribution is -0.275. The van der Waals surface area contributed by atoms with Gasteiger partial charge in [-0.3, -0.25) is 4.79 Å². The standard InChI is InChI=1S/C22H15Cl2F3N4O2/c1-12-4-13(2-3-18(12)20(32)30-17-9-28-11-29-10-17)19-8-21(33-31-19,22(25,26)27)14-5-15(23)7-16(24)6-14/h2-7,9-11H,8H2,1H3,(H,30,32). The van der Waals surface area contributed by atoms with E-state index in [0.717, 1.165) is 12.1 Å². The van der Waals surface area contributed by atoms with Gasteiger partial charge in [-0.25, -0.2) is 9.97 Å². The molecule has 2 aromatic carbocycles. The van der Waals surface area contributed by atoms with Crippen molar-refractivity contribution in [3.05, 3.63) is 87.4 Å². The average molecular weight is 495 g/mol. The molecule has 3 aromatic rings. The van der Waals surface area contributed by atoms with Crippen molar-refractivity contribution in [2.24, 2.45) is 5.16 Å². The lowest BCUT2D eigenvalue weighted by Gasteiger charge is -2.29. The normalized spacial score (nSPS) is 17.9. The van der Waals surface area contributed by atoms with E-state index < -0.39 is 24.1 Å². The van der Waals surface area contributed by atoms with Crippen LogP contribution in [-0.4, -0.2) is 27.8 Å². The minimum absolute atomic E-state index is 0.0493. The molecule has 0 aliphatic carbocycles. The third-order valence-corrected chi connectivity index (χ3v) is 5.57. The predicted octanol–water partition coefficient (Wildman–Crippen LogP) is 5.93. The number of aromatic nitrogens is 2. The molecule has 1 aliphatic heterocycles. The Morgan fingerprint density at radius 1 is 1.09 bits per heavy atom. The van der Waals surface area contributed by atoms with E-state index in [0.29, 0.717) is 22.4 Å². The van der Waals surface area contributed by atoms with Gasteiger partial charge in [-0.1, -0.05) is 34.4 Å². The molecule has 6 nitrogen and oxygen atoms in total. The van der Waals surface area contributed by atoms with E-state index >= 15 is 0 Å². The van der Waals surface area contributed by atoms with Crippen molar-refractivity contribution in [1.29, 1.82) is 0 Å². The molecular formula is C22H15Cl2F3N4O2. The second kappa shape index (κ2) is 8.64. The molecule has 0 radical (unpaired) electrons. The summed E-state index contributed by atoms with van der Waals surface area (Å²) in [5.74, 6) is -0.406. The average Bonchev–Trinajstić information content (AvgIpc) is 3.21. The van der Waals surface area contributed by atoms with Crippen LogP contribution in [0.1, 0.15) is 33.5 Å². The van der Waals surface area contributed by atoms with Crippen molar-refractivity contribution >= 4 is 40.5 Å².